The first-order valence-electron chi connectivity index (χ1n) is 7.00. The van der Waals surface area contributed by atoms with E-state index in [0.717, 1.165) is 21.1 Å². The lowest BCUT2D eigenvalue weighted by molar-refractivity contribution is -0.140. The van der Waals surface area contributed by atoms with Crippen molar-refractivity contribution in [3.63, 3.8) is 0 Å². The van der Waals surface area contributed by atoms with E-state index < -0.39 is 0 Å². The summed E-state index contributed by atoms with van der Waals surface area (Å²) >= 11 is 3.17. The van der Waals surface area contributed by atoms with Crippen molar-refractivity contribution >= 4 is 34.6 Å². The number of esters is 1. The Morgan fingerprint density at radius 2 is 1.83 bits per heavy atom. The highest BCUT2D eigenvalue weighted by Gasteiger charge is 2.15. The Kier molecular flexibility index (Phi) is 4.94. The van der Waals surface area contributed by atoms with Crippen LogP contribution in [0, 0.1) is 0 Å². The molecule has 1 N–H and O–H groups in total. The van der Waals surface area contributed by atoms with Crippen molar-refractivity contribution in [2.45, 2.75) is 6.92 Å². The third-order valence-corrected chi connectivity index (χ3v) is 4.65. The number of carbonyl (C=O) groups excluding carboxylic acids is 1. The smallest absolute Gasteiger partial charge is 0.325 e. The van der Waals surface area contributed by atoms with Crippen molar-refractivity contribution in [2.24, 2.45) is 0 Å². The Bertz CT molecular complexity index is 773. The summed E-state index contributed by atoms with van der Waals surface area (Å²) in [6, 6.07) is 7.90. The molecule has 3 aromatic heterocycles. The second-order valence-electron chi connectivity index (χ2n) is 4.45. The van der Waals surface area contributed by atoms with Gasteiger partial charge in [-0.15, -0.1) is 32.9 Å². The molecule has 0 spiro atoms. The first-order valence-corrected chi connectivity index (χ1v) is 8.76. The number of aromatic nitrogens is 3. The molecule has 3 heterocycles. The van der Waals surface area contributed by atoms with Crippen LogP contribution in [0.4, 0.5) is 5.95 Å². The van der Waals surface area contributed by atoms with Gasteiger partial charge in [0, 0.05) is 0 Å². The van der Waals surface area contributed by atoms with Gasteiger partial charge in [-0.25, -0.2) is 4.98 Å². The molecule has 0 amide bonds. The third kappa shape index (κ3) is 3.72. The second kappa shape index (κ2) is 7.30. The first kappa shape index (κ1) is 15.6. The summed E-state index contributed by atoms with van der Waals surface area (Å²) < 4.78 is 4.88. The average Bonchev–Trinajstić information content (AvgIpc) is 3.26. The Morgan fingerprint density at radius 1 is 1.13 bits per heavy atom. The van der Waals surface area contributed by atoms with Crippen LogP contribution in [0.3, 0.4) is 0 Å². The highest BCUT2D eigenvalue weighted by atomic mass is 32.1. The van der Waals surface area contributed by atoms with Gasteiger partial charge in [0.05, 0.1) is 16.4 Å². The maximum atomic E-state index is 11.4. The van der Waals surface area contributed by atoms with Gasteiger partial charge in [-0.1, -0.05) is 12.1 Å². The van der Waals surface area contributed by atoms with Crippen molar-refractivity contribution < 1.29 is 9.53 Å². The fourth-order valence-corrected chi connectivity index (χ4v) is 3.35. The van der Waals surface area contributed by atoms with Crippen LogP contribution in [-0.4, -0.2) is 34.3 Å². The van der Waals surface area contributed by atoms with Crippen LogP contribution in [0.5, 0.6) is 0 Å². The van der Waals surface area contributed by atoms with Gasteiger partial charge < -0.3 is 10.1 Å². The van der Waals surface area contributed by atoms with Crippen LogP contribution in [0.2, 0.25) is 0 Å². The second-order valence-corrected chi connectivity index (χ2v) is 6.34. The largest absolute Gasteiger partial charge is 0.465 e. The van der Waals surface area contributed by atoms with Crippen molar-refractivity contribution in [3.8, 4) is 21.1 Å². The summed E-state index contributed by atoms with van der Waals surface area (Å²) in [5, 5.41) is 15.2. The summed E-state index contributed by atoms with van der Waals surface area (Å²) in [5.41, 5.74) is 1.49. The van der Waals surface area contributed by atoms with E-state index in [1.54, 1.807) is 29.6 Å². The summed E-state index contributed by atoms with van der Waals surface area (Å²) in [5.74, 6) is -0.0436. The molecule has 0 saturated heterocycles. The Balaban J connectivity index is 1.90. The number of hydrogen-bond donors (Lipinski definition) is 1. The van der Waals surface area contributed by atoms with Crippen LogP contribution in [0.1, 0.15) is 6.92 Å². The van der Waals surface area contributed by atoms with E-state index in [1.165, 1.54) is 0 Å². The highest BCUT2D eigenvalue weighted by molar-refractivity contribution is 7.14. The maximum absolute atomic E-state index is 11.4. The minimum Gasteiger partial charge on any atom is -0.465 e. The highest BCUT2D eigenvalue weighted by Crippen LogP contribution is 2.33. The molecule has 6 nitrogen and oxygen atoms in total. The first-order chi connectivity index (χ1) is 11.3. The van der Waals surface area contributed by atoms with E-state index in [1.807, 2.05) is 35.0 Å². The average molecular weight is 346 g/mol. The molecule has 0 radical (unpaired) electrons. The molecule has 3 aromatic rings. The summed E-state index contributed by atoms with van der Waals surface area (Å²) in [4.78, 5) is 18.0. The molecule has 0 aliphatic heterocycles. The predicted octanol–water partition coefficient (Wildman–Crippen LogP) is 3.30. The fraction of sp³-hybridized carbons (Fsp3) is 0.200. The van der Waals surface area contributed by atoms with Crippen molar-refractivity contribution in [3.05, 3.63) is 35.0 Å². The zero-order valence-corrected chi connectivity index (χ0v) is 14.0. The van der Waals surface area contributed by atoms with Gasteiger partial charge in [0.25, 0.3) is 0 Å². The van der Waals surface area contributed by atoms with E-state index in [9.17, 15) is 4.79 Å². The van der Waals surface area contributed by atoms with E-state index in [-0.39, 0.29) is 12.5 Å². The predicted molar refractivity (Wildman–Crippen MR) is 91.6 cm³/mol. The third-order valence-electron chi connectivity index (χ3n) is 2.89. The zero-order chi connectivity index (χ0) is 16.1. The molecule has 0 aliphatic rings. The molecular formula is C15H14N4O2S2. The molecule has 0 aliphatic carbocycles. The number of anilines is 1. The molecule has 8 heteroatoms. The van der Waals surface area contributed by atoms with Crippen molar-refractivity contribution in [1.82, 2.24) is 15.2 Å². The normalized spacial score (nSPS) is 10.5. The quantitative estimate of drug-likeness (QED) is 0.690. The zero-order valence-electron chi connectivity index (χ0n) is 12.4. The van der Waals surface area contributed by atoms with E-state index in [2.05, 4.69) is 20.5 Å². The maximum Gasteiger partial charge on any atom is 0.325 e. The summed E-state index contributed by atoms with van der Waals surface area (Å²) in [7, 11) is 0. The SMILES string of the molecule is CCOC(=O)CNc1nnc(-c2cccs2)c(-c2cccs2)n1. The van der Waals surface area contributed by atoms with Crippen LogP contribution in [0.25, 0.3) is 21.1 Å². The number of thiophene rings is 2. The monoisotopic (exact) mass is 346 g/mol. The molecule has 0 saturated carbocycles. The van der Waals surface area contributed by atoms with Gasteiger partial charge in [-0.3, -0.25) is 4.79 Å². The molecule has 23 heavy (non-hydrogen) atoms. The Morgan fingerprint density at radius 3 is 2.43 bits per heavy atom. The van der Waals surface area contributed by atoms with Gasteiger partial charge >= 0.3 is 5.97 Å². The minimum absolute atomic E-state index is 0.0117. The minimum atomic E-state index is -0.351. The topological polar surface area (TPSA) is 77.0 Å². The van der Waals surface area contributed by atoms with Crippen LogP contribution in [-0.2, 0) is 9.53 Å². The fourth-order valence-electron chi connectivity index (χ4n) is 1.93. The Labute approximate surface area is 141 Å². The lowest BCUT2D eigenvalue weighted by Crippen LogP contribution is -2.18. The van der Waals surface area contributed by atoms with Gasteiger partial charge in [0.1, 0.15) is 17.9 Å². The molecule has 0 aromatic carbocycles. The number of hydrogen-bond acceptors (Lipinski definition) is 8. The van der Waals surface area contributed by atoms with E-state index in [4.69, 9.17) is 4.74 Å². The molecule has 118 valence electrons. The standard InChI is InChI=1S/C15H14N4O2S2/c1-2-21-12(20)9-16-15-17-13(10-5-3-7-22-10)14(18-19-15)11-6-4-8-23-11/h3-8H,2,9H2,1H3,(H,16,17,19). The Hall–Kier alpha value is -2.32. The molecular weight excluding hydrogens is 332 g/mol. The summed E-state index contributed by atoms with van der Waals surface area (Å²) in [6.45, 7) is 2.12. The molecule has 0 fully saturated rings. The number of nitrogens with zero attached hydrogens (tertiary/aromatic N) is 3. The van der Waals surface area contributed by atoms with Crippen LogP contribution in [0.15, 0.2) is 35.0 Å². The lowest BCUT2D eigenvalue weighted by atomic mass is 10.2. The van der Waals surface area contributed by atoms with Crippen LogP contribution < -0.4 is 5.32 Å². The van der Waals surface area contributed by atoms with E-state index in [0.29, 0.717) is 12.6 Å². The molecule has 0 bridgehead atoms. The number of rotatable bonds is 6. The number of ether oxygens (including phenoxy) is 1. The van der Waals surface area contributed by atoms with Crippen molar-refractivity contribution in [1.29, 1.82) is 0 Å². The lowest BCUT2D eigenvalue weighted by Gasteiger charge is -2.08. The number of carbonyl (C=O) groups is 1. The molecule has 3 rings (SSSR count). The van der Waals surface area contributed by atoms with E-state index >= 15 is 0 Å². The van der Waals surface area contributed by atoms with Gasteiger partial charge in [-0.05, 0) is 29.8 Å². The van der Waals surface area contributed by atoms with Crippen LogP contribution >= 0.6 is 22.7 Å². The van der Waals surface area contributed by atoms with Gasteiger partial charge in [0.2, 0.25) is 5.95 Å². The molecule has 0 unspecified atom stereocenters. The van der Waals surface area contributed by atoms with Crippen molar-refractivity contribution in [2.75, 3.05) is 18.5 Å². The summed E-state index contributed by atoms with van der Waals surface area (Å²) in [6.07, 6.45) is 0. The van der Waals surface area contributed by atoms with Gasteiger partial charge in [-0.2, -0.15) is 0 Å². The van der Waals surface area contributed by atoms with Gasteiger partial charge in [0.15, 0.2) is 0 Å². The number of nitrogens with one attached hydrogen (secondary N) is 1. The molecule has 0 atom stereocenters.